The molecule has 2 rings (SSSR count). The molecule has 0 saturated carbocycles. The molecular weight excluding hydrogens is 300 g/mol. The molecule has 0 spiro atoms. The normalized spacial score (nSPS) is 22.9. The summed E-state index contributed by atoms with van der Waals surface area (Å²) in [6, 6.07) is 6.48. The van der Waals surface area contributed by atoms with E-state index in [4.69, 9.17) is 17.3 Å². The van der Waals surface area contributed by atoms with Crippen LogP contribution < -0.4 is 5.73 Å². The number of nitrogens with two attached hydrogens (primary N) is 1. The summed E-state index contributed by atoms with van der Waals surface area (Å²) in [5.74, 6) is 0.645. The van der Waals surface area contributed by atoms with Crippen LogP contribution >= 0.6 is 27.5 Å². The van der Waals surface area contributed by atoms with Crippen LogP contribution in [0.15, 0.2) is 22.7 Å². The molecule has 0 aliphatic carbocycles. The molecular formula is C13H18BrClN2. The molecule has 4 heteroatoms. The highest BCUT2D eigenvalue weighted by atomic mass is 79.9. The number of likely N-dealkylation sites (tertiary alicyclic amines) is 1. The fourth-order valence-corrected chi connectivity index (χ4v) is 3.28. The molecule has 1 fully saturated rings. The SMILES string of the molecule is CC(c1ccc(Br)cc1Cl)N1CCC(CN)C1. The molecule has 2 nitrogen and oxygen atoms in total. The minimum absolute atomic E-state index is 0.368. The summed E-state index contributed by atoms with van der Waals surface area (Å²) >= 11 is 9.73. The Morgan fingerprint density at radius 2 is 2.35 bits per heavy atom. The van der Waals surface area contributed by atoms with Gasteiger partial charge >= 0.3 is 0 Å². The van der Waals surface area contributed by atoms with Crippen molar-refractivity contribution in [1.82, 2.24) is 4.90 Å². The van der Waals surface area contributed by atoms with Crippen LogP contribution in [0.25, 0.3) is 0 Å². The summed E-state index contributed by atoms with van der Waals surface area (Å²) in [4.78, 5) is 2.46. The summed E-state index contributed by atoms with van der Waals surface area (Å²) in [5.41, 5.74) is 6.93. The number of benzene rings is 1. The average Bonchev–Trinajstić information content (AvgIpc) is 2.76. The van der Waals surface area contributed by atoms with Gasteiger partial charge in [0.1, 0.15) is 0 Å². The lowest BCUT2D eigenvalue weighted by atomic mass is 10.1. The lowest BCUT2D eigenvalue weighted by molar-refractivity contribution is 0.253. The van der Waals surface area contributed by atoms with Crippen LogP contribution in [0.4, 0.5) is 0 Å². The molecule has 2 unspecified atom stereocenters. The minimum atomic E-state index is 0.368. The molecule has 2 atom stereocenters. The van der Waals surface area contributed by atoms with Gasteiger partial charge in [-0.3, -0.25) is 4.90 Å². The summed E-state index contributed by atoms with van der Waals surface area (Å²) in [5, 5.41) is 0.836. The van der Waals surface area contributed by atoms with Crippen LogP contribution in [0.3, 0.4) is 0 Å². The molecule has 0 amide bonds. The molecule has 1 heterocycles. The van der Waals surface area contributed by atoms with Gasteiger partial charge in [-0.25, -0.2) is 0 Å². The fourth-order valence-electron chi connectivity index (χ4n) is 2.44. The first-order chi connectivity index (χ1) is 8.11. The van der Waals surface area contributed by atoms with Crippen molar-refractivity contribution in [2.24, 2.45) is 11.7 Å². The quantitative estimate of drug-likeness (QED) is 0.925. The molecule has 0 radical (unpaired) electrons. The van der Waals surface area contributed by atoms with Crippen molar-refractivity contribution in [3.05, 3.63) is 33.3 Å². The standard InChI is InChI=1S/C13H18BrClN2/c1-9(17-5-4-10(7-16)8-17)12-3-2-11(14)6-13(12)15/h2-3,6,9-10H,4-5,7-8,16H2,1H3. The van der Waals surface area contributed by atoms with Gasteiger partial charge in [-0.15, -0.1) is 0 Å². The predicted octanol–water partition coefficient (Wildman–Crippen LogP) is 3.44. The molecule has 1 aliphatic rings. The lowest BCUT2D eigenvalue weighted by Crippen LogP contribution is -2.26. The van der Waals surface area contributed by atoms with Gasteiger partial charge in [-0.2, -0.15) is 0 Å². The van der Waals surface area contributed by atoms with E-state index in [-0.39, 0.29) is 0 Å². The van der Waals surface area contributed by atoms with E-state index in [9.17, 15) is 0 Å². The van der Waals surface area contributed by atoms with E-state index in [1.165, 1.54) is 12.0 Å². The van der Waals surface area contributed by atoms with E-state index in [1.54, 1.807) is 0 Å². The van der Waals surface area contributed by atoms with Crippen LogP contribution in [-0.4, -0.2) is 24.5 Å². The predicted molar refractivity (Wildman–Crippen MR) is 76.3 cm³/mol. The smallest absolute Gasteiger partial charge is 0.0464 e. The Balaban J connectivity index is 2.12. The van der Waals surface area contributed by atoms with Crippen LogP contribution in [0.5, 0.6) is 0 Å². The lowest BCUT2D eigenvalue weighted by Gasteiger charge is -2.25. The van der Waals surface area contributed by atoms with E-state index < -0.39 is 0 Å². The molecule has 1 saturated heterocycles. The molecule has 1 aromatic carbocycles. The second-order valence-corrected chi connectivity index (χ2v) is 6.05. The topological polar surface area (TPSA) is 29.3 Å². The molecule has 1 aliphatic heterocycles. The van der Waals surface area contributed by atoms with Crippen LogP contribution in [0.1, 0.15) is 24.9 Å². The first-order valence-corrected chi connectivity index (χ1v) is 7.18. The zero-order valence-electron chi connectivity index (χ0n) is 10.00. The van der Waals surface area contributed by atoms with Gasteiger partial charge in [0.15, 0.2) is 0 Å². The monoisotopic (exact) mass is 316 g/mol. The van der Waals surface area contributed by atoms with Crippen LogP contribution in [0.2, 0.25) is 5.02 Å². The maximum absolute atomic E-state index is 6.29. The van der Waals surface area contributed by atoms with Crippen LogP contribution in [0, 0.1) is 5.92 Å². The first-order valence-electron chi connectivity index (χ1n) is 6.01. The van der Waals surface area contributed by atoms with Gasteiger partial charge in [0, 0.05) is 22.1 Å². The number of hydrogen-bond acceptors (Lipinski definition) is 2. The second-order valence-electron chi connectivity index (χ2n) is 4.73. The average molecular weight is 318 g/mol. The number of rotatable bonds is 3. The molecule has 1 aromatic rings. The highest BCUT2D eigenvalue weighted by Crippen LogP contribution is 2.32. The Morgan fingerprint density at radius 1 is 1.59 bits per heavy atom. The summed E-state index contributed by atoms with van der Waals surface area (Å²) in [7, 11) is 0. The number of halogens is 2. The van der Waals surface area contributed by atoms with E-state index in [0.29, 0.717) is 12.0 Å². The van der Waals surface area contributed by atoms with E-state index in [2.05, 4.69) is 33.8 Å². The Labute approximate surface area is 116 Å². The van der Waals surface area contributed by atoms with Gasteiger partial charge in [-0.1, -0.05) is 33.6 Å². The molecule has 0 bridgehead atoms. The van der Waals surface area contributed by atoms with Gasteiger partial charge in [0.25, 0.3) is 0 Å². The highest BCUT2D eigenvalue weighted by Gasteiger charge is 2.26. The Morgan fingerprint density at radius 3 is 2.94 bits per heavy atom. The highest BCUT2D eigenvalue weighted by molar-refractivity contribution is 9.10. The van der Waals surface area contributed by atoms with Gasteiger partial charge in [0.05, 0.1) is 0 Å². The van der Waals surface area contributed by atoms with E-state index >= 15 is 0 Å². The van der Waals surface area contributed by atoms with Gasteiger partial charge in [-0.05, 0) is 50.0 Å². The fraction of sp³-hybridized carbons (Fsp3) is 0.538. The number of hydrogen-bond donors (Lipinski definition) is 1. The molecule has 94 valence electrons. The van der Waals surface area contributed by atoms with Crippen molar-refractivity contribution in [2.45, 2.75) is 19.4 Å². The number of nitrogens with zero attached hydrogens (tertiary/aromatic N) is 1. The van der Waals surface area contributed by atoms with E-state index in [1.807, 2.05) is 12.1 Å². The third-order valence-corrected chi connectivity index (χ3v) is 4.43. The summed E-state index contributed by atoms with van der Waals surface area (Å²) in [6.45, 7) is 5.21. The van der Waals surface area contributed by atoms with Crippen molar-refractivity contribution in [3.63, 3.8) is 0 Å². The zero-order valence-corrected chi connectivity index (χ0v) is 12.3. The van der Waals surface area contributed by atoms with Crippen molar-refractivity contribution >= 4 is 27.5 Å². The summed E-state index contributed by atoms with van der Waals surface area (Å²) < 4.78 is 1.03. The maximum atomic E-state index is 6.29. The molecule has 0 aromatic heterocycles. The van der Waals surface area contributed by atoms with Crippen molar-refractivity contribution in [3.8, 4) is 0 Å². The Bertz CT molecular complexity index is 397. The third kappa shape index (κ3) is 3.02. The largest absolute Gasteiger partial charge is 0.330 e. The minimum Gasteiger partial charge on any atom is -0.330 e. The van der Waals surface area contributed by atoms with Crippen molar-refractivity contribution in [2.75, 3.05) is 19.6 Å². The van der Waals surface area contributed by atoms with Crippen molar-refractivity contribution in [1.29, 1.82) is 0 Å². The van der Waals surface area contributed by atoms with Crippen molar-refractivity contribution < 1.29 is 0 Å². The Hall–Kier alpha value is -0.0900. The Kier molecular flexibility index (Phi) is 4.47. The summed E-state index contributed by atoms with van der Waals surface area (Å²) in [6.07, 6.45) is 1.20. The van der Waals surface area contributed by atoms with Crippen LogP contribution in [-0.2, 0) is 0 Å². The first kappa shape index (κ1) is 13.3. The van der Waals surface area contributed by atoms with Gasteiger partial charge in [0.2, 0.25) is 0 Å². The zero-order chi connectivity index (χ0) is 12.4. The van der Waals surface area contributed by atoms with E-state index in [0.717, 1.165) is 29.1 Å². The van der Waals surface area contributed by atoms with Gasteiger partial charge < -0.3 is 5.73 Å². The maximum Gasteiger partial charge on any atom is 0.0464 e. The molecule has 17 heavy (non-hydrogen) atoms. The second kappa shape index (κ2) is 5.70. The third-order valence-electron chi connectivity index (χ3n) is 3.61. The molecule has 2 N–H and O–H groups in total.